The Morgan fingerprint density at radius 1 is 1.32 bits per heavy atom. The van der Waals surface area contributed by atoms with Crippen LogP contribution < -0.4 is 10.5 Å². The van der Waals surface area contributed by atoms with Crippen LogP contribution in [0.1, 0.15) is 31.9 Å². The van der Waals surface area contributed by atoms with Crippen molar-refractivity contribution in [2.75, 3.05) is 26.9 Å². The van der Waals surface area contributed by atoms with Crippen molar-refractivity contribution in [3.05, 3.63) is 29.3 Å². The average molecular weight is 263 g/mol. The number of methoxy groups -OCH3 is 1. The number of nitrogens with two attached hydrogens (primary N) is 1. The van der Waals surface area contributed by atoms with Gasteiger partial charge in [0.15, 0.2) is 0 Å². The van der Waals surface area contributed by atoms with Crippen LogP contribution in [0.4, 0.5) is 0 Å². The maximum Gasteiger partial charge on any atom is 0.122 e. The molecular weight excluding hydrogens is 238 g/mol. The summed E-state index contributed by atoms with van der Waals surface area (Å²) < 4.78 is 10.8. The maximum atomic E-state index is 5.91. The second-order valence-electron chi connectivity index (χ2n) is 6.65. The smallest absolute Gasteiger partial charge is 0.122 e. The predicted molar refractivity (Wildman–Crippen MR) is 77.7 cm³/mol. The lowest BCUT2D eigenvalue weighted by Gasteiger charge is -2.41. The molecule has 0 aliphatic carbocycles. The molecule has 2 rings (SSSR count). The molecular formula is C16H25NO2. The fraction of sp³-hybridized carbons (Fsp3) is 0.625. The Labute approximate surface area is 116 Å². The molecule has 0 aromatic heterocycles. The monoisotopic (exact) mass is 263 g/mol. The van der Waals surface area contributed by atoms with E-state index in [2.05, 4.69) is 39.0 Å². The van der Waals surface area contributed by atoms with Crippen molar-refractivity contribution in [3.63, 3.8) is 0 Å². The predicted octanol–water partition coefficient (Wildman–Crippen LogP) is 2.51. The van der Waals surface area contributed by atoms with Gasteiger partial charge < -0.3 is 15.2 Å². The lowest BCUT2D eigenvalue weighted by Crippen LogP contribution is -2.49. The highest BCUT2D eigenvalue weighted by Gasteiger charge is 2.38. The van der Waals surface area contributed by atoms with Crippen molar-refractivity contribution >= 4 is 0 Å². The standard InChI is InChI=1S/C16H25NO2/c1-15(2,3)13-5-6-14(18-4)12(7-13)8-16(9-17)10-19-11-16/h5-7H,8-11,17H2,1-4H3. The molecule has 0 unspecified atom stereocenters. The lowest BCUT2D eigenvalue weighted by molar-refractivity contribution is -0.106. The Morgan fingerprint density at radius 3 is 2.42 bits per heavy atom. The topological polar surface area (TPSA) is 44.5 Å². The van der Waals surface area contributed by atoms with Crippen LogP contribution in [-0.2, 0) is 16.6 Å². The molecule has 0 bridgehead atoms. The highest BCUT2D eigenvalue weighted by molar-refractivity contribution is 5.40. The fourth-order valence-electron chi connectivity index (χ4n) is 2.47. The number of rotatable bonds is 4. The molecule has 3 nitrogen and oxygen atoms in total. The second kappa shape index (κ2) is 5.14. The van der Waals surface area contributed by atoms with Gasteiger partial charge in [0.05, 0.1) is 20.3 Å². The first-order valence-electron chi connectivity index (χ1n) is 6.85. The molecule has 1 fully saturated rings. The Kier molecular flexibility index (Phi) is 3.88. The first kappa shape index (κ1) is 14.4. The summed E-state index contributed by atoms with van der Waals surface area (Å²) in [4.78, 5) is 0. The van der Waals surface area contributed by atoms with E-state index in [1.165, 1.54) is 11.1 Å². The summed E-state index contributed by atoms with van der Waals surface area (Å²) in [6, 6.07) is 6.48. The minimum Gasteiger partial charge on any atom is -0.496 e. The lowest BCUT2D eigenvalue weighted by atomic mass is 9.78. The molecule has 0 atom stereocenters. The van der Waals surface area contributed by atoms with Crippen molar-refractivity contribution < 1.29 is 9.47 Å². The van der Waals surface area contributed by atoms with Crippen LogP contribution in [0, 0.1) is 5.41 Å². The zero-order valence-electron chi connectivity index (χ0n) is 12.5. The summed E-state index contributed by atoms with van der Waals surface area (Å²) in [5, 5.41) is 0. The van der Waals surface area contributed by atoms with Gasteiger partial charge in [-0.15, -0.1) is 0 Å². The molecule has 1 aliphatic heterocycles. The zero-order valence-corrected chi connectivity index (χ0v) is 12.5. The molecule has 1 aromatic carbocycles. The van der Waals surface area contributed by atoms with Gasteiger partial charge in [-0.2, -0.15) is 0 Å². The van der Waals surface area contributed by atoms with Gasteiger partial charge in [0.2, 0.25) is 0 Å². The van der Waals surface area contributed by atoms with E-state index >= 15 is 0 Å². The Morgan fingerprint density at radius 2 is 2.00 bits per heavy atom. The molecule has 1 heterocycles. The third kappa shape index (κ3) is 2.93. The maximum absolute atomic E-state index is 5.91. The van der Waals surface area contributed by atoms with E-state index in [1.807, 2.05) is 0 Å². The molecule has 1 aliphatic rings. The number of hydrogen-bond acceptors (Lipinski definition) is 3. The summed E-state index contributed by atoms with van der Waals surface area (Å²) >= 11 is 0. The van der Waals surface area contributed by atoms with Crippen LogP contribution in [-0.4, -0.2) is 26.9 Å². The summed E-state index contributed by atoms with van der Waals surface area (Å²) in [5.41, 5.74) is 8.73. The van der Waals surface area contributed by atoms with Gasteiger partial charge in [0, 0.05) is 12.0 Å². The van der Waals surface area contributed by atoms with Gasteiger partial charge in [0.25, 0.3) is 0 Å². The van der Waals surface area contributed by atoms with Crippen molar-refractivity contribution in [2.24, 2.45) is 11.1 Å². The van der Waals surface area contributed by atoms with Crippen LogP contribution in [0.25, 0.3) is 0 Å². The van der Waals surface area contributed by atoms with Crippen LogP contribution in [0.2, 0.25) is 0 Å². The van der Waals surface area contributed by atoms with Crippen molar-refractivity contribution in [3.8, 4) is 5.75 Å². The van der Waals surface area contributed by atoms with E-state index in [0.29, 0.717) is 6.54 Å². The fourth-order valence-corrected chi connectivity index (χ4v) is 2.47. The number of ether oxygens (including phenoxy) is 2. The average Bonchev–Trinajstić information content (AvgIpc) is 2.32. The molecule has 3 heteroatoms. The largest absolute Gasteiger partial charge is 0.496 e. The van der Waals surface area contributed by atoms with Crippen LogP contribution in [0.5, 0.6) is 5.75 Å². The quantitative estimate of drug-likeness (QED) is 0.908. The number of benzene rings is 1. The van der Waals surface area contributed by atoms with Crippen LogP contribution in [0.3, 0.4) is 0 Å². The molecule has 0 saturated carbocycles. The summed E-state index contributed by atoms with van der Waals surface area (Å²) in [5.74, 6) is 0.952. The molecule has 0 amide bonds. The molecule has 106 valence electrons. The first-order chi connectivity index (χ1) is 8.90. The van der Waals surface area contributed by atoms with Gasteiger partial charge in [-0.3, -0.25) is 0 Å². The van der Waals surface area contributed by atoms with E-state index in [4.69, 9.17) is 15.2 Å². The van der Waals surface area contributed by atoms with Gasteiger partial charge in [0.1, 0.15) is 5.75 Å². The van der Waals surface area contributed by atoms with Gasteiger partial charge in [-0.25, -0.2) is 0 Å². The third-order valence-electron chi connectivity index (χ3n) is 3.96. The summed E-state index contributed by atoms with van der Waals surface area (Å²) in [7, 11) is 1.72. The zero-order chi connectivity index (χ0) is 14.1. The van der Waals surface area contributed by atoms with E-state index in [-0.39, 0.29) is 10.8 Å². The minimum absolute atomic E-state index is 0.101. The van der Waals surface area contributed by atoms with E-state index in [0.717, 1.165) is 25.4 Å². The molecule has 2 N–H and O–H groups in total. The Balaban J connectivity index is 2.31. The molecule has 1 saturated heterocycles. The Hall–Kier alpha value is -1.06. The number of hydrogen-bond donors (Lipinski definition) is 1. The summed E-state index contributed by atoms with van der Waals surface area (Å²) in [6.45, 7) is 8.85. The molecule has 0 spiro atoms. The SMILES string of the molecule is COc1ccc(C(C)(C)C)cc1CC1(CN)COC1. The van der Waals surface area contributed by atoms with Crippen LogP contribution in [0.15, 0.2) is 18.2 Å². The van der Waals surface area contributed by atoms with E-state index < -0.39 is 0 Å². The molecule has 0 radical (unpaired) electrons. The first-order valence-corrected chi connectivity index (χ1v) is 6.85. The normalized spacial score (nSPS) is 17.9. The second-order valence-corrected chi connectivity index (χ2v) is 6.65. The van der Waals surface area contributed by atoms with Gasteiger partial charge in [-0.05, 0) is 29.0 Å². The van der Waals surface area contributed by atoms with E-state index in [9.17, 15) is 0 Å². The van der Waals surface area contributed by atoms with Gasteiger partial charge in [-0.1, -0.05) is 32.9 Å². The minimum atomic E-state index is 0.101. The highest BCUT2D eigenvalue weighted by atomic mass is 16.5. The Bertz CT molecular complexity index is 439. The van der Waals surface area contributed by atoms with Crippen LogP contribution >= 0.6 is 0 Å². The van der Waals surface area contributed by atoms with E-state index in [1.54, 1.807) is 7.11 Å². The summed E-state index contributed by atoms with van der Waals surface area (Å²) in [6.07, 6.45) is 0.927. The third-order valence-corrected chi connectivity index (χ3v) is 3.96. The van der Waals surface area contributed by atoms with Crippen molar-refractivity contribution in [2.45, 2.75) is 32.6 Å². The highest BCUT2D eigenvalue weighted by Crippen LogP contribution is 2.35. The van der Waals surface area contributed by atoms with Crippen molar-refractivity contribution in [1.29, 1.82) is 0 Å². The molecule has 1 aromatic rings. The van der Waals surface area contributed by atoms with Gasteiger partial charge >= 0.3 is 0 Å². The molecule has 19 heavy (non-hydrogen) atoms. The van der Waals surface area contributed by atoms with Crippen molar-refractivity contribution in [1.82, 2.24) is 0 Å².